The maximum atomic E-state index is 12.3. The Balaban J connectivity index is 1.36. The van der Waals surface area contributed by atoms with E-state index >= 15 is 0 Å². The minimum absolute atomic E-state index is 0.277. The van der Waals surface area contributed by atoms with Crippen molar-refractivity contribution in [1.29, 1.82) is 0 Å². The quantitative estimate of drug-likeness (QED) is 0.566. The molecule has 1 saturated heterocycles. The summed E-state index contributed by atoms with van der Waals surface area (Å²) in [6.45, 7) is 3.66. The number of nitrogens with one attached hydrogen (secondary N) is 2. The summed E-state index contributed by atoms with van der Waals surface area (Å²) in [7, 11) is 0. The molecule has 3 aliphatic rings. The summed E-state index contributed by atoms with van der Waals surface area (Å²) in [6, 6.07) is 1.43. The monoisotopic (exact) mass is 468 g/mol. The molecule has 2 saturated carbocycles. The average Bonchev–Trinajstić information content (AvgIpc) is 3.51. The van der Waals surface area contributed by atoms with Crippen LogP contribution in [-0.4, -0.2) is 61.5 Å². The summed E-state index contributed by atoms with van der Waals surface area (Å²) in [5.41, 5.74) is 7.89. The second-order valence-electron chi connectivity index (χ2n) is 10.5. The number of likely N-dealkylation sites (tertiary alicyclic amines) is 1. The molecule has 0 aromatic carbocycles. The van der Waals surface area contributed by atoms with Crippen molar-refractivity contribution in [1.82, 2.24) is 24.4 Å². The third kappa shape index (κ3) is 5.14. The van der Waals surface area contributed by atoms with E-state index in [-0.39, 0.29) is 11.9 Å². The van der Waals surface area contributed by atoms with Crippen molar-refractivity contribution >= 4 is 28.8 Å². The molecule has 9 heteroatoms. The number of rotatable bonds is 7. The standard InChI is InChI=1S/C25H40N8O/c1-2-5-21(34)32-14-12-19(13-15-32)28-23-22-24(33(16-27-22)20-6-3-4-7-20)31-25(30-23)29-18-10-8-17(26)9-11-18/h16-20H,2-15,26H2,1H3,(H2,28,29,30,31)/t17-,18-. The highest BCUT2D eigenvalue weighted by Gasteiger charge is 2.26. The number of carbonyl (C=O) groups excluding carboxylic acids is 1. The minimum atomic E-state index is 0.277. The van der Waals surface area contributed by atoms with Crippen LogP contribution in [0.2, 0.25) is 0 Å². The van der Waals surface area contributed by atoms with Gasteiger partial charge in [0.05, 0.1) is 6.33 Å². The van der Waals surface area contributed by atoms with Gasteiger partial charge < -0.3 is 25.8 Å². The molecule has 0 atom stereocenters. The summed E-state index contributed by atoms with van der Waals surface area (Å²) >= 11 is 0. The van der Waals surface area contributed by atoms with Crippen molar-refractivity contribution in [2.75, 3.05) is 23.7 Å². The molecule has 2 aromatic heterocycles. The van der Waals surface area contributed by atoms with Crippen LogP contribution in [0.1, 0.15) is 90.0 Å². The third-order valence-electron chi connectivity index (χ3n) is 7.90. The van der Waals surface area contributed by atoms with Gasteiger partial charge in [-0.2, -0.15) is 9.97 Å². The van der Waals surface area contributed by atoms with Crippen LogP contribution in [-0.2, 0) is 4.79 Å². The maximum absolute atomic E-state index is 12.3. The normalized spacial score (nSPS) is 24.6. The number of carbonyl (C=O) groups is 1. The SMILES string of the molecule is CCCC(=O)N1CCC(Nc2nc(N[C@H]3CC[C@H](N)CC3)nc3c2ncn3C2CCCC2)CC1. The van der Waals surface area contributed by atoms with Crippen LogP contribution >= 0.6 is 0 Å². The van der Waals surface area contributed by atoms with E-state index in [4.69, 9.17) is 20.7 Å². The van der Waals surface area contributed by atoms with Gasteiger partial charge in [0, 0.05) is 43.7 Å². The van der Waals surface area contributed by atoms with Gasteiger partial charge >= 0.3 is 0 Å². The van der Waals surface area contributed by atoms with Gasteiger partial charge in [-0.15, -0.1) is 0 Å². The van der Waals surface area contributed by atoms with Gasteiger partial charge in [-0.05, 0) is 57.8 Å². The maximum Gasteiger partial charge on any atom is 0.227 e. The molecule has 0 spiro atoms. The number of nitrogens with zero attached hydrogens (tertiary/aromatic N) is 5. The molecule has 9 nitrogen and oxygen atoms in total. The molecule has 2 aliphatic carbocycles. The number of amides is 1. The molecule has 5 rings (SSSR count). The van der Waals surface area contributed by atoms with E-state index in [9.17, 15) is 4.79 Å². The van der Waals surface area contributed by atoms with Crippen LogP contribution in [0.5, 0.6) is 0 Å². The van der Waals surface area contributed by atoms with E-state index < -0.39 is 0 Å². The summed E-state index contributed by atoms with van der Waals surface area (Å²) in [5.74, 6) is 1.78. The lowest BCUT2D eigenvalue weighted by atomic mass is 9.92. The molecule has 3 heterocycles. The van der Waals surface area contributed by atoms with Crippen molar-refractivity contribution < 1.29 is 4.79 Å². The molecule has 0 radical (unpaired) electrons. The van der Waals surface area contributed by atoms with Gasteiger partial charge in [0.1, 0.15) is 0 Å². The van der Waals surface area contributed by atoms with Crippen LogP contribution in [0.15, 0.2) is 6.33 Å². The topological polar surface area (TPSA) is 114 Å². The van der Waals surface area contributed by atoms with Crippen molar-refractivity contribution in [3.63, 3.8) is 0 Å². The number of nitrogens with two attached hydrogens (primary N) is 1. The summed E-state index contributed by atoms with van der Waals surface area (Å²) in [5, 5.41) is 7.28. The zero-order valence-corrected chi connectivity index (χ0v) is 20.5. The first-order valence-electron chi connectivity index (χ1n) is 13.4. The number of piperidine rings is 1. The average molecular weight is 469 g/mol. The first-order valence-corrected chi connectivity index (χ1v) is 13.4. The third-order valence-corrected chi connectivity index (χ3v) is 7.90. The van der Waals surface area contributed by atoms with Crippen molar-refractivity contribution in [3.8, 4) is 0 Å². The fourth-order valence-corrected chi connectivity index (χ4v) is 5.82. The van der Waals surface area contributed by atoms with Gasteiger partial charge in [0.2, 0.25) is 11.9 Å². The molecule has 2 aromatic rings. The van der Waals surface area contributed by atoms with Gasteiger partial charge in [-0.25, -0.2) is 4.98 Å². The van der Waals surface area contributed by atoms with Crippen LogP contribution in [0.4, 0.5) is 11.8 Å². The van der Waals surface area contributed by atoms with Gasteiger partial charge in [-0.3, -0.25) is 4.79 Å². The Morgan fingerprint density at radius 2 is 1.71 bits per heavy atom. The Morgan fingerprint density at radius 1 is 1.00 bits per heavy atom. The predicted octanol–water partition coefficient (Wildman–Crippen LogP) is 3.83. The highest BCUT2D eigenvalue weighted by atomic mass is 16.2. The molecule has 3 fully saturated rings. The van der Waals surface area contributed by atoms with Gasteiger partial charge in [-0.1, -0.05) is 19.8 Å². The Morgan fingerprint density at radius 3 is 2.41 bits per heavy atom. The number of anilines is 2. The first kappa shape index (κ1) is 23.3. The van der Waals surface area contributed by atoms with Crippen LogP contribution < -0.4 is 16.4 Å². The molecular weight excluding hydrogens is 428 g/mol. The first-order chi connectivity index (χ1) is 16.6. The number of imidazole rings is 1. The van der Waals surface area contributed by atoms with E-state index in [1.165, 1.54) is 25.7 Å². The second-order valence-corrected chi connectivity index (χ2v) is 10.5. The van der Waals surface area contributed by atoms with Crippen LogP contribution in [0.3, 0.4) is 0 Å². The van der Waals surface area contributed by atoms with E-state index in [0.717, 1.165) is 75.0 Å². The minimum Gasteiger partial charge on any atom is -0.365 e. The smallest absolute Gasteiger partial charge is 0.227 e. The fourth-order valence-electron chi connectivity index (χ4n) is 5.82. The van der Waals surface area contributed by atoms with Gasteiger partial charge in [0.25, 0.3) is 0 Å². The number of hydrogen-bond donors (Lipinski definition) is 3. The van der Waals surface area contributed by atoms with Crippen molar-refractivity contribution in [3.05, 3.63) is 6.33 Å². The largest absolute Gasteiger partial charge is 0.365 e. The number of hydrogen-bond acceptors (Lipinski definition) is 7. The van der Waals surface area contributed by atoms with E-state index in [1.807, 2.05) is 11.2 Å². The molecule has 186 valence electrons. The summed E-state index contributed by atoms with van der Waals surface area (Å²) in [6.07, 6.45) is 14.4. The molecule has 0 unspecified atom stereocenters. The molecule has 1 aliphatic heterocycles. The van der Waals surface area contributed by atoms with E-state index in [1.54, 1.807) is 0 Å². The van der Waals surface area contributed by atoms with Crippen molar-refractivity contribution in [2.24, 2.45) is 5.73 Å². The lowest BCUT2D eigenvalue weighted by Gasteiger charge is -2.33. The summed E-state index contributed by atoms with van der Waals surface area (Å²) < 4.78 is 2.27. The molecule has 0 bridgehead atoms. The second kappa shape index (κ2) is 10.5. The van der Waals surface area contributed by atoms with Crippen LogP contribution in [0.25, 0.3) is 11.2 Å². The fraction of sp³-hybridized carbons (Fsp3) is 0.760. The summed E-state index contributed by atoms with van der Waals surface area (Å²) in [4.78, 5) is 28.9. The Bertz CT molecular complexity index is 969. The van der Waals surface area contributed by atoms with E-state index in [0.29, 0.717) is 30.5 Å². The highest BCUT2D eigenvalue weighted by Crippen LogP contribution is 2.34. The Kier molecular flexibility index (Phi) is 7.18. The Labute approximate surface area is 202 Å². The molecule has 4 N–H and O–H groups in total. The lowest BCUT2D eigenvalue weighted by Crippen LogP contribution is -2.42. The Hall–Kier alpha value is -2.42. The zero-order chi connectivity index (χ0) is 23.5. The van der Waals surface area contributed by atoms with Crippen LogP contribution in [0, 0.1) is 0 Å². The highest BCUT2D eigenvalue weighted by molar-refractivity contribution is 5.84. The number of fused-ring (bicyclic) bond motifs is 1. The molecule has 1 amide bonds. The predicted molar refractivity (Wildman–Crippen MR) is 135 cm³/mol. The molecular formula is C25H40N8O. The number of aromatic nitrogens is 4. The molecule has 34 heavy (non-hydrogen) atoms. The zero-order valence-electron chi connectivity index (χ0n) is 20.5. The van der Waals surface area contributed by atoms with E-state index in [2.05, 4.69) is 22.1 Å². The van der Waals surface area contributed by atoms with Gasteiger partial charge in [0.15, 0.2) is 17.0 Å². The lowest BCUT2D eigenvalue weighted by molar-refractivity contribution is -0.132. The van der Waals surface area contributed by atoms with Crippen molar-refractivity contribution in [2.45, 2.75) is 108 Å².